The van der Waals surface area contributed by atoms with E-state index in [1.807, 2.05) is 30.3 Å². The highest BCUT2D eigenvalue weighted by Gasteiger charge is 2.44. The van der Waals surface area contributed by atoms with Gasteiger partial charge in [-0.1, -0.05) is 87.4 Å². The molecule has 0 aliphatic carbocycles. The third-order valence-corrected chi connectivity index (χ3v) is 7.10. The monoisotopic (exact) mass is 449 g/mol. The number of phenols is 1. The number of benzene rings is 2. The second-order valence-corrected chi connectivity index (χ2v) is 12.5. The molecule has 0 amide bonds. The van der Waals surface area contributed by atoms with Crippen molar-refractivity contribution in [1.82, 2.24) is 15.0 Å². The Morgan fingerprint density at radius 2 is 1.18 bits per heavy atom. The Kier molecular flexibility index (Phi) is 6.98. The van der Waals surface area contributed by atoms with Crippen LogP contribution in [0.1, 0.15) is 80.7 Å². The Bertz CT molecular complexity index is 1020. The lowest BCUT2D eigenvalue weighted by Crippen LogP contribution is -2.41. The molecule has 1 N–H and O–H groups in total. The van der Waals surface area contributed by atoms with Gasteiger partial charge in [-0.3, -0.25) is 0 Å². The molecule has 0 aliphatic heterocycles. The minimum atomic E-state index is 0.133. The molecule has 1 heterocycles. The van der Waals surface area contributed by atoms with Gasteiger partial charge >= 0.3 is 0 Å². The summed E-state index contributed by atoms with van der Waals surface area (Å²) < 4.78 is 0. The number of aromatic nitrogens is 3. The van der Waals surface area contributed by atoms with Crippen LogP contribution in [0.15, 0.2) is 42.5 Å². The number of phenolic OH excluding ortho intramolecular Hbond substituents is 1. The Labute approximate surface area is 200 Å². The van der Waals surface area contributed by atoms with E-state index in [0.29, 0.717) is 35.3 Å². The van der Waals surface area contributed by atoms with Gasteiger partial charge in [-0.05, 0) is 70.2 Å². The lowest BCUT2D eigenvalue weighted by atomic mass is 9.55. The van der Waals surface area contributed by atoms with Gasteiger partial charge in [0.25, 0.3) is 0 Å². The van der Waals surface area contributed by atoms with Crippen LogP contribution >= 0.6 is 0 Å². The summed E-state index contributed by atoms with van der Waals surface area (Å²) in [6.45, 7) is 23.6. The second kappa shape index (κ2) is 9.12. The standard InChI is InChI=1S/C29H43N3O/c1-18(2)26(28(5,6)7)25(27(19(3)4)29(8,9)10)20-15-16-24(33)23(17-20)32-30-21-13-11-12-14-22(21)31-32/h11-19,25-27,33H,1-10H3. The van der Waals surface area contributed by atoms with Crippen molar-refractivity contribution in [2.24, 2.45) is 34.5 Å². The van der Waals surface area contributed by atoms with E-state index in [2.05, 4.69) is 91.6 Å². The maximum atomic E-state index is 10.8. The molecule has 3 aromatic rings. The highest BCUT2D eigenvalue weighted by Crippen LogP contribution is 2.53. The molecule has 0 spiro atoms. The first-order valence-electron chi connectivity index (χ1n) is 12.4. The van der Waals surface area contributed by atoms with Crippen molar-refractivity contribution in [3.05, 3.63) is 48.0 Å². The molecular formula is C29H43N3O. The first-order valence-corrected chi connectivity index (χ1v) is 12.4. The predicted octanol–water partition coefficient (Wildman–Crippen LogP) is 7.85. The van der Waals surface area contributed by atoms with E-state index < -0.39 is 0 Å². The summed E-state index contributed by atoms with van der Waals surface area (Å²) in [6.07, 6.45) is 0. The van der Waals surface area contributed by atoms with Crippen molar-refractivity contribution in [2.75, 3.05) is 0 Å². The van der Waals surface area contributed by atoms with Crippen molar-refractivity contribution < 1.29 is 5.11 Å². The molecule has 2 atom stereocenters. The number of aromatic hydroxyl groups is 1. The third-order valence-electron chi connectivity index (χ3n) is 7.10. The Morgan fingerprint density at radius 3 is 1.58 bits per heavy atom. The van der Waals surface area contributed by atoms with Crippen molar-refractivity contribution in [2.45, 2.75) is 75.2 Å². The number of nitrogens with zero attached hydrogens (tertiary/aromatic N) is 3. The van der Waals surface area contributed by atoms with Crippen LogP contribution < -0.4 is 0 Å². The SMILES string of the molecule is CC(C)C(C(c1ccc(O)c(-n2nc3ccccc3n2)c1)C(C(C)C)C(C)(C)C)C(C)(C)C. The van der Waals surface area contributed by atoms with E-state index in [0.717, 1.165) is 11.0 Å². The summed E-state index contributed by atoms with van der Waals surface area (Å²) >= 11 is 0. The van der Waals surface area contributed by atoms with Gasteiger partial charge in [0, 0.05) is 0 Å². The van der Waals surface area contributed by atoms with Crippen LogP contribution in [0.3, 0.4) is 0 Å². The first kappa shape index (κ1) is 25.3. The van der Waals surface area contributed by atoms with Crippen LogP contribution in [-0.2, 0) is 0 Å². The van der Waals surface area contributed by atoms with Gasteiger partial charge in [0.1, 0.15) is 22.5 Å². The number of hydrogen-bond donors (Lipinski definition) is 1. The zero-order valence-electron chi connectivity index (χ0n) is 22.2. The van der Waals surface area contributed by atoms with E-state index in [-0.39, 0.29) is 16.6 Å². The van der Waals surface area contributed by atoms with E-state index >= 15 is 0 Å². The predicted molar refractivity (Wildman–Crippen MR) is 139 cm³/mol. The Balaban J connectivity index is 2.25. The average molecular weight is 450 g/mol. The van der Waals surface area contributed by atoms with E-state index in [1.54, 1.807) is 4.80 Å². The van der Waals surface area contributed by atoms with Crippen molar-refractivity contribution >= 4 is 11.0 Å². The molecule has 4 heteroatoms. The van der Waals surface area contributed by atoms with Gasteiger partial charge in [0.05, 0.1) is 0 Å². The quantitative estimate of drug-likeness (QED) is 0.417. The van der Waals surface area contributed by atoms with Crippen LogP contribution in [0.25, 0.3) is 16.7 Å². The van der Waals surface area contributed by atoms with E-state index in [9.17, 15) is 5.11 Å². The molecule has 0 bridgehead atoms. The molecule has 2 aromatic carbocycles. The number of fused-ring (bicyclic) bond motifs is 1. The lowest BCUT2D eigenvalue weighted by Gasteiger charge is -2.49. The summed E-state index contributed by atoms with van der Waals surface area (Å²) in [5.74, 6) is 2.49. The molecule has 0 saturated carbocycles. The maximum Gasteiger partial charge on any atom is 0.143 e. The lowest BCUT2D eigenvalue weighted by molar-refractivity contribution is 0.0435. The van der Waals surface area contributed by atoms with Gasteiger partial charge in [-0.2, -0.15) is 0 Å². The summed E-state index contributed by atoms with van der Waals surface area (Å²) in [5.41, 5.74) is 3.81. The number of hydrogen-bond acceptors (Lipinski definition) is 3. The highest BCUT2D eigenvalue weighted by molar-refractivity contribution is 5.73. The highest BCUT2D eigenvalue weighted by atomic mass is 16.3. The average Bonchev–Trinajstić information content (AvgIpc) is 3.09. The fourth-order valence-corrected chi connectivity index (χ4v) is 6.42. The molecule has 0 saturated heterocycles. The normalized spacial score (nSPS) is 15.9. The van der Waals surface area contributed by atoms with Crippen LogP contribution in [0.2, 0.25) is 0 Å². The van der Waals surface area contributed by atoms with Crippen LogP contribution in [0.4, 0.5) is 0 Å². The molecule has 0 fully saturated rings. The van der Waals surface area contributed by atoms with Gasteiger partial charge in [-0.25, -0.2) is 0 Å². The minimum absolute atomic E-state index is 0.133. The summed E-state index contributed by atoms with van der Waals surface area (Å²) in [7, 11) is 0. The molecule has 3 rings (SSSR count). The van der Waals surface area contributed by atoms with Crippen molar-refractivity contribution in [3.8, 4) is 11.4 Å². The zero-order chi connectivity index (χ0) is 24.7. The first-order chi connectivity index (χ1) is 15.2. The van der Waals surface area contributed by atoms with E-state index in [1.165, 1.54) is 5.56 Å². The molecule has 0 radical (unpaired) electrons. The zero-order valence-corrected chi connectivity index (χ0v) is 22.2. The molecule has 33 heavy (non-hydrogen) atoms. The smallest absolute Gasteiger partial charge is 0.143 e. The summed E-state index contributed by atoms with van der Waals surface area (Å²) in [6, 6.07) is 13.9. The number of rotatable bonds is 6. The molecule has 180 valence electrons. The van der Waals surface area contributed by atoms with Gasteiger partial charge in [0.2, 0.25) is 0 Å². The van der Waals surface area contributed by atoms with Crippen molar-refractivity contribution in [1.29, 1.82) is 0 Å². The van der Waals surface area contributed by atoms with Crippen LogP contribution in [-0.4, -0.2) is 20.1 Å². The summed E-state index contributed by atoms with van der Waals surface area (Å²) in [5, 5.41) is 20.1. The Morgan fingerprint density at radius 1 is 0.727 bits per heavy atom. The van der Waals surface area contributed by atoms with Crippen LogP contribution in [0.5, 0.6) is 5.75 Å². The molecule has 4 nitrogen and oxygen atoms in total. The van der Waals surface area contributed by atoms with Crippen LogP contribution in [0, 0.1) is 34.5 Å². The van der Waals surface area contributed by atoms with E-state index in [4.69, 9.17) is 0 Å². The fraction of sp³-hybridized carbons (Fsp3) is 0.586. The fourth-order valence-electron chi connectivity index (χ4n) is 6.42. The molecule has 0 aliphatic rings. The topological polar surface area (TPSA) is 50.9 Å². The maximum absolute atomic E-state index is 10.8. The third kappa shape index (κ3) is 5.26. The molecule has 2 unspecified atom stereocenters. The Hall–Kier alpha value is -2.36. The second-order valence-electron chi connectivity index (χ2n) is 12.5. The van der Waals surface area contributed by atoms with Gasteiger partial charge in [-0.15, -0.1) is 15.0 Å². The molecule has 1 aromatic heterocycles. The van der Waals surface area contributed by atoms with Gasteiger partial charge < -0.3 is 5.11 Å². The largest absolute Gasteiger partial charge is 0.506 e. The van der Waals surface area contributed by atoms with Gasteiger partial charge in [0.15, 0.2) is 0 Å². The molecular weight excluding hydrogens is 406 g/mol. The van der Waals surface area contributed by atoms with Crippen molar-refractivity contribution in [3.63, 3.8) is 0 Å². The minimum Gasteiger partial charge on any atom is -0.506 e. The summed E-state index contributed by atoms with van der Waals surface area (Å²) in [4.78, 5) is 1.59.